The second-order valence-electron chi connectivity index (χ2n) is 7.16. The lowest BCUT2D eigenvalue weighted by Gasteiger charge is -2.34. The van der Waals surface area contributed by atoms with E-state index in [0.29, 0.717) is 0 Å². The molecular weight excluding hydrogens is 318 g/mol. The zero-order valence-corrected chi connectivity index (χ0v) is 15.3. The number of piperazine rings is 1. The average Bonchev–Trinajstić information content (AvgIpc) is 2.72. The van der Waals surface area contributed by atoms with E-state index in [1.807, 2.05) is 0 Å². The Hall–Kier alpha value is -2.23. The molecule has 2 heterocycles. The number of rotatable bonds is 6. The largest absolute Gasteiger partial charge is 0.300 e. The normalized spacial score (nSPS) is 16.2. The van der Waals surface area contributed by atoms with Gasteiger partial charge in [-0.3, -0.25) is 4.98 Å². The second-order valence-corrected chi connectivity index (χ2v) is 7.16. The molecule has 0 unspecified atom stereocenters. The van der Waals surface area contributed by atoms with E-state index in [1.165, 1.54) is 49.4 Å². The minimum absolute atomic E-state index is 1.04. The molecule has 4 rings (SSSR count). The Balaban J connectivity index is 1.22. The molecular formula is C23H27N3. The summed E-state index contributed by atoms with van der Waals surface area (Å²) in [7, 11) is 0. The molecule has 0 amide bonds. The van der Waals surface area contributed by atoms with Crippen molar-refractivity contribution in [3.8, 4) is 0 Å². The van der Waals surface area contributed by atoms with Gasteiger partial charge in [0, 0.05) is 56.8 Å². The van der Waals surface area contributed by atoms with Crippen LogP contribution in [0.2, 0.25) is 0 Å². The topological polar surface area (TPSA) is 19.4 Å². The van der Waals surface area contributed by atoms with Gasteiger partial charge >= 0.3 is 0 Å². The third-order valence-corrected chi connectivity index (χ3v) is 5.36. The van der Waals surface area contributed by atoms with E-state index >= 15 is 0 Å². The molecule has 2 aromatic carbocycles. The van der Waals surface area contributed by atoms with Gasteiger partial charge in [0.2, 0.25) is 0 Å². The van der Waals surface area contributed by atoms with Gasteiger partial charge in [0.25, 0.3) is 0 Å². The third kappa shape index (κ3) is 4.48. The highest BCUT2D eigenvalue weighted by molar-refractivity contribution is 5.78. The first kappa shape index (κ1) is 17.2. The van der Waals surface area contributed by atoms with Crippen LogP contribution in [0.15, 0.2) is 66.7 Å². The molecule has 1 aliphatic rings. The number of hydrogen-bond acceptors (Lipinski definition) is 3. The number of benzene rings is 2. The highest BCUT2D eigenvalue weighted by Crippen LogP contribution is 2.13. The molecule has 0 aliphatic carbocycles. The molecule has 0 spiro atoms. The Kier molecular flexibility index (Phi) is 5.58. The summed E-state index contributed by atoms with van der Waals surface area (Å²) >= 11 is 0. The smallest absolute Gasteiger partial charge is 0.0705 e. The predicted octanol–water partition coefficient (Wildman–Crippen LogP) is 3.64. The highest BCUT2D eigenvalue weighted by atomic mass is 15.3. The molecule has 1 fully saturated rings. The van der Waals surface area contributed by atoms with Crippen molar-refractivity contribution in [3.63, 3.8) is 0 Å². The summed E-state index contributed by atoms with van der Waals surface area (Å²) in [5.41, 5.74) is 3.75. The molecule has 1 aromatic heterocycles. The van der Waals surface area contributed by atoms with Gasteiger partial charge in [-0.1, -0.05) is 54.6 Å². The fourth-order valence-corrected chi connectivity index (χ4v) is 3.69. The van der Waals surface area contributed by atoms with Crippen molar-refractivity contribution in [1.29, 1.82) is 0 Å². The quantitative estimate of drug-likeness (QED) is 0.680. The van der Waals surface area contributed by atoms with Crippen LogP contribution in [0.3, 0.4) is 0 Å². The van der Waals surface area contributed by atoms with Crippen molar-refractivity contribution in [1.82, 2.24) is 14.8 Å². The number of fused-ring (bicyclic) bond motifs is 1. The molecule has 134 valence electrons. The first-order chi connectivity index (χ1) is 12.9. The van der Waals surface area contributed by atoms with Crippen LogP contribution < -0.4 is 0 Å². The molecule has 0 saturated carbocycles. The van der Waals surface area contributed by atoms with Crippen molar-refractivity contribution in [2.24, 2.45) is 0 Å². The zero-order valence-electron chi connectivity index (χ0n) is 15.3. The Morgan fingerprint density at radius 1 is 0.654 bits per heavy atom. The van der Waals surface area contributed by atoms with Crippen LogP contribution in [0, 0.1) is 0 Å². The lowest BCUT2D eigenvalue weighted by Crippen LogP contribution is -2.47. The first-order valence-electron chi connectivity index (χ1n) is 9.70. The summed E-state index contributed by atoms with van der Waals surface area (Å²) < 4.78 is 0. The van der Waals surface area contributed by atoms with E-state index in [2.05, 4.69) is 76.5 Å². The highest BCUT2D eigenvalue weighted by Gasteiger charge is 2.16. The summed E-state index contributed by atoms with van der Waals surface area (Å²) in [6.45, 7) is 6.97. The van der Waals surface area contributed by atoms with Crippen LogP contribution in [0.1, 0.15) is 11.3 Å². The van der Waals surface area contributed by atoms with Crippen molar-refractivity contribution in [2.45, 2.75) is 12.8 Å². The van der Waals surface area contributed by atoms with Gasteiger partial charge in [0.1, 0.15) is 0 Å². The summed E-state index contributed by atoms with van der Waals surface area (Å²) in [6.07, 6.45) is 2.19. The predicted molar refractivity (Wildman–Crippen MR) is 108 cm³/mol. The maximum absolute atomic E-state index is 4.80. The van der Waals surface area contributed by atoms with Gasteiger partial charge < -0.3 is 9.80 Å². The van der Waals surface area contributed by atoms with Crippen LogP contribution in [-0.2, 0) is 12.8 Å². The minimum Gasteiger partial charge on any atom is -0.300 e. The number of nitrogens with zero attached hydrogens (tertiary/aromatic N) is 3. The SMILES string of the molecule is c1ccc(CCN2CCN(CCc3ccc4ccccc4n3)CC2)cc1. The molecule has 3 heteroatoms. The molecule has 26 heavy (non-hydrogen) atoms. The number of para-hydroxylation sites is 1. The van der Waals surface area contributed by atoms with Crippen molar-refractivity contribution < 1.29 is 0 Å². The summed E-state index contributed by atoms with van der Waals surface area (Å²) in [6, 6.07) is 23.5. The van der Waals surface area contributed by atoms with Gasteiger partial charge in [-0.2, -0.15) is 0 Å². The fourth-order valence-electron chi connectivity index (χ4n) is 3.69. The van der Waals surface area contributed by atoms with Gasteiger partial charge in [-0.15, -0.1) is 0 Å². The van der Waals surface area contributed by atoms with Crippen LogP contribution >= 0.6 is 0 Å². The van der Waals surface area contributed by atoms with Gasteiger partial charge in [-0.05, 0) is 24.1 Å². The average molecular weight is 345 g/mol. The van der Waals surface area contributed by atoms with E-state index in [1.54, 1.807) is 0 Å². The van der Waals surface area contributed by atoms with Crippen molar-refractivity contribution in [3.05, 3.63) is 78.0 Å². The van der Waals surface area contributed by atoms with Crippen LogP contribution in [0.4, 0.5) is 0 Å². The number of aromatic nitrogens is 1. The van der Waals surface area contributed by atoms with Crippen LogP contribution in [-0.4, -0.2) is 54.1 Å². The second kappa shape index (κ2) is 8.43. The number of hydrogen-bond donors (Lipinski definition) is 0. The van der Waals surface area contributed by atoms with Crippen LogP contribution in [0.25, 0.3) is 10.9 Å². The summed E-state index contributed by atoms with van der Waals surface area (Å²) in [5.74, 6) is 0. The Morgan fingerprint density at radius 2 is 1.31 bits per heavy atom. The standard InChI is InChI=1S/C23H27N3/c1-2-6-20(7-3-1)12-14-25-16-18-26(19-17-25)15-13-22-11-10-21-8-4-5-9-23(21)24-22/h1-11H,12-19H2. The van der Waals surface area contributed by atoms with Crippen molar-refractivity contribution >= 4 is 10.9 Å². The fraction of sp³-hybridized carbons (Fsp3) is 0.348. The van der Waals surface area contributed by atoms with Gasteiger partial charge in [0.05, 0.1) is 5.52 Å². The zero-order chi connectivity index (χ0) is 17.6. The van der Waals surface area contributed by atoms with E-state index in [9.17, 15) is 0 Å². The first-order valence-corrected chi connectivity index (χ1v) is 9.70. The lowest BCUT2D eigenvalue weighted by molar-refractivity contribution is 0.134. The van der Waals surface area contributed by atoms with E-state index in [0.717, 1.165) is 24.9 Å². The molecule has 0 atom stereocenters. The van der Waals surface area contributed by atoms with E-state index < -0.39 is 0 Å². The monoisotopic (exact) mass is 345 g/mol. The molecule has 3 nitrogen and oxygen atoms in total. The summed E-state index contributed by atoms with van der Waals surface area (Å²) in [4.78, 5) is 9.97. The maximum Gasteiger partial charge on any atom is 0.0705 e. The maximum atomic E-state index is 4.80. The van der Waals surface area contributed by atoms with Crippen LogP contribution in [0.5, 0.6) is 0 Å². The van der Waals surface area contributed by atoms with Gasteiger partial charge in [0.15, 0.2) is 0 Å². The molecule has 0 N–H and O–H groups in total. The van der Waals surface area contributed by atoms with Crippen molar-refractivity contribution in [2.75, 3.05) is 39.3 Å². The molecule has 1 aliphatic heterocycles. The lowest BCUT2D eigenvalue weighted by atomic mass is 10.1. The molecule has 1 saturated heterocycles. The summed E-state index contributed by atoms with van der Waals surface area (Å²) in [5, 5.41) is 1.23. The Morgan fingerprint density at radius 3 is 2.08 bits per heavy atom. The van der Waals surface area contributed by atoms with Gasteiger partial charge in [-0.25, -0.2) is 0 Å². The third-order valence-electron chi connectivity index (χ3n) is 5.36. The van der Waals surface area contributed by atoms with E-state index in [-0.39, 0.29) is 0 Å². The Labute approximate surface area is 156 Å². The van der Waals surface area contributed by atoms with E-state index in [4.69, 9.17) is 4.98 Å². The molecule has 0 radical (unpaired) electrons. The minimum atomic E-state index is 1.04. The Bertz CT molecular complexity index is 823. The number of pyridine rings is 1. The molecule has 0 bridgehead atoms. The molecule has 3 aromatic rings.